The first kappa shape index (κ1) is 15.5. The predicted molar refractivity (Wildman–Crippen MR) is 67.9 cm³/mol. The van der Waals surface area contributed by atoms with E-state index in [2.05, 4.69) is 26.1 Å². The number of nitriles is 1. The Morgan fingerprint density at radius 1 is 1.35 bits per heavy atom. The molecule has 0 aliphatic heterocycles. The first-order chi connectivity index (χ1) is 8.13. The van der Waals surface area contributed by atoms with Gasteiger partial charge in [0.25, 0.3) is 0 Å². The molecular formula is C13H22N2O2. The topological polar surface area (TPSA) is 54.3 Å². The van der Waals surface area contributed by atoms with Gasteiger partial charge < -0.3 is 14.8 Å². The SMILES string of the molecule is CCOCO/C(C#N)=C\C=C(/CC)NC(C)C. The van der Waals surface area contributed by atoms with Gasteiger partial charge in [-0.05, 0) is 39.3 Å². The van der Waals surface area contributed by atoms with Crippen molar-refractivity contribution >= 4 is 0 Å². The van der Waals surface area contributed by atoms with Gasteiger partial charge in [-0.15, -0.1) is 0 Å². The van der Waals surface area contributed by atoms with Gasteiger partial charge in [0.1, 0.15) is 6.07 Å². The summed E-state index contributed by atoms with van der Waals surface area (Å²) in [6, 6.07) is 2.36. The standard InChI is InChI=1S/C13H22N2O2/c1-5-12(15-11(3)4)7-8-13(9-14)17-10-16-6-2/h7-8,11,15H,5-6,10H2,1-4H3/b12-7+,13-8-. The number of ether oxygens (including phenoxy) is 2. The van der Waals surface area contributed by atoms with Crippen molar-refractivity contribution in [1.82, 2.24) is 5.32 Å². The normalized spacial score (nSPS) is 12.5. The number of allylic oxidation sites excluding steroid dienone is 4. The molecule has 0 fully saturated rings. The molecule has 0 unspecified atom stereocenters. The monoisotopic (exact) mass is 238 g/mol. The van der Waals surface area contributed by atoms with Gasteiger partial charge in [-0.3, -0.25) is 0 Å². The van der Waals surface area contributed by atoms with Gasteiger partial charge in [-0.25, -0.2) is 0 Å². The molecule has 0 heterocycles. The van der Waals surface area contributed by atoms with Crippen LogP contribution in [0.3, 0.4) is 0 Å². The number of rotatable bonds is 8. The molecule has 17 heavy (non-hydrogen) atoms. The van der Waals surface area contributed by atoms with E-state index in [1.165, 1.54) is 0 Å². The van der Waals surface area contributed by atoms with Crippen LogP contribution in [-0.2, 0) is 9.47 Å². The van der Waals surface area contributed by atoms with Crippen molar-refractivity contribution in [3.8, 4) is 6.07 Å². The maximum absolute atomic E-state index is 8.84. The molecule has 0 aromatic heterocycles. The minimum atomic E-state index is 0.114. The van der Waals surface area contributed by atoms with E-state index in [4.69, 9.17) is 14.7 Å². The number of nitrogens with one attached hydrogen (secondary N) is 1. The Hall–Kier alpha value is -1.47. The summed E-state index contributed by atoms with van der Waals surface area (Å²) in [5.41, 5.74) is 1.08. The molecule has 4 heteroatoms. The lowest BCUT2D eigenvalue weighted by Gasteiger charge is -2.11. The summed E-state index contributed by atoms with van der Waals surface area (Å²) in [4.78, 5) is 0. The summed E-state index contributed by atoms with van der Waals surface area (Å²) >= 11 is 0. The van der Waals surface area contributed by atoms with Gasteiger partial charge in [-0.2, -0.15) is 5.26 Å². The maximum Gasteiger partial charge on any atom is 0.199 e. The summed E-state index contributed by atoms with van der Waals surface area (Å²) in [5, 5.41) is 12.1. The van der Waals surface area contributed by atoms with Gasteiger partial charge in [-0.1, -0.05) is 6.92 Å². The Kier molecular flexibility index (Phi) is 8.89. The minimum Gasteiger partial charge on any atom is -0.457 e. The molecule has 0 bridgehead atoms. The molecule has 96 valence electrons. The summed E-state index contributed by atoms with van der Waals surface area (Å²) in [5.74, 6) is 0.259. The van der Waals surface area contributed by atoms with E-state index < -0.39 is 0 Å². The van der Waals surface area contributed by atoms with E-state index in [0.29, 0.717) is 12.6 Å². The van der Waals surface area contributed by atoms with Crippen LogP contribution in [-0.4, -0.2) is 19.4 Å². The third kappa shape index (κ3) is 8.35. The highest BCUT2D eigenvalue weighted by Gasteiger charge is 1.97. The lowest BCUT2D eigenvalue weighted by atomic mass is 10.2. The molecule has 0 atom stereocenters. The van der Waals surface area contributed by atoms with Crippen molar-refractivity contribution < 1.29 is 9.47 Å². The third-order valence-electron chi connectivity index (χ3n) is 1.90. The molecule has 0 saturated carbocycles. The first-order valence-corrected chi connectivity index (χ1v) is 5.92. The molecule has 0 rings (SSSR count). The molecule has 0 radical (unpaired) electrons. The van der Waals surface area contributed by atoms with Gasteiger partial charge in [0.15, 0.2) is 12.6 Å². The van der Waals surface area contributed by atoms with Crippen LogP contribution in [0.5, 0.6) is 0 Å². The quantitative estimate of drug-likeness (QED) is 0.232. The largest absolute Gasteiger partial charge is 0.457 e. The molecule has 0 aromatic rings. The Labute approximate surface area is 104 Å². The Balaban J connectivity index is 4.39. The van der Waals surface area contributed by atoms with Crippen molar-refractivity contribution in [2.45, 2.75) is 40.2 Å². The van der Waals surface area contributed by atoms with E-state index in [0.717, 1.165) is 12.1 Å². The van der Waals surface area contributed by atoms with Crippen LogP contribution in [0.2, 0.25) is 0 Å². The molecule has 0 aliphatic carbocycles. The maximum atomic E-state index is 8.84. The zero-order chi connectivity index (χ0) is 13.1. The molecule has 0 aromatic carbocycles. The predicted octanol–water partition coefficient (Wildman–Crippen LogP) is 2.70. The van der Waals surface area contributed by atoms with Crippen LogP contribution in [0.25, 0.3) is 0 Å². The Bertz CT molecular complexity index is 301. The van der Waals surface area contributed by atoms with Crippen LogP contribution in [0, 0.1) is 11.3 Å². The highest BCUT2D eigenvalue weighted by atomic mass is 16.7. The van der Waals surface area contributed by atoms with Crippen molar-refractivity contribution in [3.63, 3.8) is 0 Å². The Morgan fingerprint density at radius 2 is 2.06 bits per heavy atom. The first-order valence-electron chi connectivity index (χ1n) is 5.92. The highest BCUT2D eigenvalue weighted by molar-refractivity contribution is 5.22. The molecule has 0 amide bonds. The van der Waals surface area contributed by atoms with Gasteiger partial charge in [0, 0.05) is 18.3 Å². The summed E-state index contributed by atoms with van der Waals surface area (Å²) in [6.07, 6.45) is 4.41. The van der Waals surface area contributed by atoms with Gasteiger partial charge in [0.2, 0.25) is 0 Å². The average molecular weight is 238 g/mol. The second-order valence-electron chi connectivity index (χ2n) is 3.74. The zero-order valence-corrected chi connectivity index (χ0v) is 11.1. The number of hydrogen-bond donors (Lipinski definition) is 1. The van der Waals surface area contributed by atoms with E-state index >= 15 is 0 Å². The molecule has 0 saturated heterocycles. The smallest absolute Gasteiger partial charge is 0.199 e. The minimum absolute atomic E-state index is 0.114. The molecular weight excluding hydrogens is 216 g/mol. The molecule has 1 N–H and O–H groups in total. The summed E-state index contributed by atoms with van der Waals surface area (Å²) in [7, 11) is 0. The third-order valence-corrected chi connectivity index (χ3v) is 1.90. The van der Waals surface area contributed by atoms with E-state index in [9.17, 15) is 0 Å². The van der Waals surface area contributed by atoms with Crippen molar-refractivity contribution in [3.05, 3.63) is 23.6 Å². The second kappa shape index (κ2) is 9.73. The highest BCUT2D eigenvalue weighted by Crippen LogP contribution is 2.02. The van der Waals surface area contributed by atoms with Crippen LogP contribution in [0.1, 0.15) is 34.1 Å². The van der Waals surface area contributed by atoms with Crippen molar-refractivity contribution in [2.75, 3.05) is 13.4 Å². The van der Waals surface area contributed by atoms with E-state index in [1.807, 2.05) is 19.1 Å². The fourth-order valence-corrected chi connectivity index (χ4v) is 1.12. The number of nitrogens with zero attached hydrogens (tertiary/aromatic N) is 1. The zero-order valence-electron chi connectivity index (χ0n) is 11.1. The lowest BCUT2D eigenvalue weighted by Crippen LogP contribution is -2.21. The molecule has 0 spiro atoms. The molecule has 0 aliphatic rings. The van der Waals surface area contributed by atoms with Crippen LogP contribution >= 0.6 is 0 Å². The van der Waals surface area contributed by atoms with E-state index in [1.54, 1.807) is 6.08 Å². The number of hydrogen-bond acceptors (Lipinski definition) is 4. The van der Waals surface area contributed by atoms with E-state index in [-0.39, 0.29) is 12.6 Å². The average Bonchev–Trinajstić information content (AvgIpc) is 2.31. The summed E-state index contributed by atoms with van der Waals surface area (Å²) in [6.45, 7) is 8.77. The van der Waals surface area contributed by atoms with Crippen LogP contribution in [0.15, 0.2) is 23.6 Å². The fraction of sp³-hybridized carbons (Fsp3) is 0.615. The second-order valence-corrected chi connectivity index (χ2v) is 3.74. The molecule has 4 nitrogen and oxygen atoms in total. The Morgan fingerprint density at radius 3 is 2.53 bits per heavy atom. The van der Waals surface area contributed by atoms with Crippen LogP contribution in [0.4, 0.5) is 0 Å². The van der Waals surface area contributed by atoms with Crippen molar-refractivity contribution in [1.29, 1.82) is 5.26 Å². The lowest BCUT2D eigenvalue weighted by molar-refractivity contribution is -0.0127. The fourth-order valence-electron chi connectivity index (χ4n) is 1.12. The van der Waals surface area contributed by atoms with Gasteiger partial charge in [0.05, 0.1) is 0 Å². The van der Waals surface area contributed by atoms with Crippen LogP contribution < -0.4 is 5.32 Å². The summed E-state index contributed by atoms with van der Waals surface area (Å²) < 4.78 is 10.2. The van der Waals surface area contributed by atoms with Crippen molar-refractivity contribution in [2.24, 2.45) is 0 Å². The van der Waals surface area contributed by atoms with Gasteiger partial charge >= 0.3 is 0 Å².